The number of piperidine rings is 1. The lowest BCUT2D eigenvalue weighted by Gasteiger charge is -2.25. The number of likely N-dealkylation sites (tertiary alicyclic amines) is 1. The number of hydrogen-bond acceptors (Lipinski definition) is 8. The van der Waals surface area contributed by atoms with Gasteiger partial charge in [-0.25, -0.2) is 4.98 Å². The van der Waals surface area contributed by atoms with E-state index in [9.17, 15) is 10.1 Å². The van der Waals surface area contributed by atoms with Gasteiger partial charge in [-0.1, -0.05) is 12.3 Å². The van der Waals surface area contributed by atoms with Gasteiger partial charge in [0.25, 0.3) is 6.20 Å². The average molecular weight is 396 g/mol. The second-order valence-electron chi connectivity index (χ2n) is 5.93. The number of nitrogens with zero attached hydrogens (tertiary/aromatic N) is 3. The minimum absolute atomic E-state index is 0.248. The maximum absolute atomic E-state index is 10.6. The molecule has 0 unspecified atom stereocenters. The molecule has 9 heteroatoms. The van der Waals surface area contributed by atoms with Crippen molar-refractivity contribution >= 4 is 23.1 Å². The number of rotatable bonds is 11. The predicted molar refractivity (Wildman–Crippen MR) is 107 cm³/mol. The first-order valence-corrected chi connectivity index (χ1v) is 10.7. The van der Waals surface area contributed by atoms with Crippen LogP contribution in [0.5, 0.6) is 0 Å². The Labute approximate surface area is 162 Å². The van der Waals surface area contributed by atoms with E-state index in [2.05, 4.69) is 26.8 Å². The molecular formula is C17H25N5O2S2. The van der Waals surface area contributed by atoms with Gasteiger partial charge < -0.3 is 10.6 Å². The van der Waals surface area contributed by atoms with Gasteiger partial charge in [0.15, 0.2) is 5.82 Å². The molecule has 7 nitrogen and oxygen atoms in total. The van der Waals surface area contributed by atoms with Gasteiger partial charge >= 0.3 is 0 Å². The summed E-state index contributed by atoms with van der Waals surface area (Å²) < 4.78 is 0. The smallest absolute Gasteiger partial charge is 0.274 e. The first kappa shape index (κ1) is 20.6. The van der Waals surface area contributed by atoms with E-state index in [1.54, 1.807) is 23.1 Å². The molecule has 2 rings (SSSR count). The van der Waals surface area contributed by atoms with Crippen molar-refractivity contribution in [2.45, 2.75) is 31.6 Å². The largest absolute Gasteiger partial charge is 0.366 e. The number of nitrogens with one attached hydrogen (secondary N) is 2. The summed E-state index contributed by atoms with van der Waals surface area (Å²) in [7, 11) is 0. The van der Waals surface area contributed by atoms with Crippen LogP contribution in [0.1, 0.15) is 30.0 Å². The maximum atomic E-state index is 10.6. The van der Waals surface area contributed by atoms with Crippen molar-refractivity contribution in [3.05, 3.63) is 38.2 Å². The van der Waals surface area contributed by atoms with Gasteiger partial charge in [-0.3, -0.25) is 15.0 Å². The number of terminal acetylenes is 1. The van der Waals surface area contributed by atoms with Crippen molar-refractivity contribution in [2.75, 3.05) is 31.9 Å². The lowest BCUT2D eigenvalue weighted by molar-refractivity contribution is -0.404. The highest BCUT2D eigenvalue weighted by atomic mass is 32.2. The molecule has 0 aromatic carbocycles. The van der Waals surface area contributed by atoms with Crippen molar-refractivity contribution in [1.82, 2.24) is 20.5 Å². The highest BCUT2D eigenvalue weighted by molar-refractivity contribution is 7.98. The zero-order valence-corrected chi connectivity index (χ0v) is 16.4. The average Bonchev–Trinajstić information content (AvgIpc) is 3.07. The summed E-state index contributed by atoms with van der Waals surface area (Å²) in [6.45, 7) is 4.20. The summed E-state index contributed by atoms with van der Waals surface area (Å²) in [4.78, 5) is 17.3. The van der Waals surface area contributed by atoms with Crippen molar-refractivity contribution in [3.63, 3.8) is 0 Å². The molecule has 2 N–H and O–H groups in total. The molecule has 1 aromatic heterocycles. The Kier molecular flexibility index (Phi) is 9.31. The lowest BCUT2D eigenvalue weighted by atomic mass is 10.1. The highest BCUT2D eigenvalue weighted by Gasteiger charge is 2.12. The topological polar surface area (TPSA) is 83.3 Å². The molecule has 1 aliphatic rings. The molecule has 142 valence electrons. The second kappa shape index (κ2) is 11.8. The summed E-state index contributed by atoms with van der Waals surface area (Å²) >= 11 is 3.49. The van der Waals surface area contributed by atoms with E-state index in [0.717, 1.165) is 29.9 Å². The second-order valence-corrected chi connectivity index (χ2v) is 7.98. The normalized spacial score (nSPS) is 15.4. The molecule has 0 amide bonds. The van der Waals surface area contributed by atoms with Gasteiger partial charge in [0.05, 0.1) is 23.7 Å². The summed E-state index contributed by atoms with van der Waals surface area (Å²) in [6.07, 6.45) is 10.00. The third-order valence-corrected chi connectivity index (χ3v) is 5.71. The van der Waals surface area contributed by atoms with Crippen LogP contribution >= 0.6 is 23.1 Å². The standard InChI is InChI=1S/C17H25N5O2S2/c1-2-6-18-16(11-22(23)24)19-7-10-25-13-15-14-26-17(20-15)12-21-8-4-3-5-9-21/h1,11,14,18-19H,3-10,12-13H2. The minimum Gasteiger partial charge on any atom is -0.366 e. The van der Waals surface area contributed by atoms with Gasteiger partial charge in [-0.15, -0.1) is 17.8 Å². The summed E-state index contributed by atoms with van der Waals surface area (Å²) in [6, 6.07) is 0. The quantitative estimate of drug-likeness (QED) is 0.257. The fourth-order valence-electron chi connectivity index (χ4n) is 2.64. The third-order valence-electron chi connectivity index (χ3n) is 3.83. The molecule has 0 bridgehead atoms. The minimum atomic E-state index is -0.502. The fraction of sp³-hybridized carbons (Fsp3) is 0.588. The van der Waals surface area contributed by atoms with E-state index in [4.69, 9.17) is 11.4 Å². The number of thiazole rings is 1. The van der Waals surface area contributed by atoms with Gasteiger partial charge in [-0.2, -0.15) is 11.8 Å². The van der Waals surface area contributed by atoms with Gasteiger partial charge in [-0.05, 0) is 25.9 Å². The fourth-order valence-corrected chi connectivity index (χ4v) is 4.33. The van der Waals surface area contributed by atoms with E-state index in [1.165, 1.54) is 37.4 Å². The summed E-state index contributed by atoms with van der Waals surface area (Å²) in [5.74, 6) is 4.41. The molecule has 1 saturated heterocycles. The molecule has 26 heavy (non-hydrogen) atoms. The van der Waals surface area contributed by atoms with Crippen LogP contribution in [0.15, 0.2) is 17.4 Å². The van der Waals surface area contributed by atoms with Crippen molar-refractivity contribution in [3.8, 4) is 12.3 Å². The van der Waals surface area contributed by atoms with Crippen LogP contribution in [0.4, 0.5) is 0 Å². The van der Waals surface area contributed by atoms with Crippen molar-refractivity contribution in [2.24, 2.45) is 0 Å². The zero-order valence-electron chi connectivity index (χ0n) is 14.8. The van der Waals surface area contributed by atoms with Crippen LogP contribution < -0.4 is 10.6 Å². The Bertz CT molecular complexity index is 635. The molecular weight excluding hydrogens is 370 g/mol. The lowest BCUT2D eigenvalue weighted by Crippen LogP contribution is -2.29. The molecule has 0 aliphatic carbocycles. The van der Waals surface area contributed by atoms with E-state index in [0.29, 0.717) is 12.4 Å². The molecule has 2 heterocycles. The van der Waals surface area contributed by atoms with E-state index < -0.39 is 4.92 Å². The first-order valence-electron chi connectivity index (χ1n) is 8.67. The summed E-state index contributed by atoms with van der Waals surface area (Å²) in [5.41, 5.74) is 1.11. The van der Waals surface area contributed by atoms with Crippen LogP contribution in [0, 0.1) is 22.5 Å². The van der Waals surface area contributed by atoms with Gasteiger partial charge in [0.2, 0.25) is 0 Å². The highest BCUT2D eigenvalue weighted by Crippen LogP contribution is 2.19. The Morgan fingerprint density at radius 3 is 3.00 bits per heavy atom. The zero-order chi connectivity index (χ0) is 18.6. The SMILES string of the molecule is C#CCNC(=C[N+](=O)[O-])NCCSCc1csc(CN2CCCCC2)n1. The van der Waals surface area contributed by atoms with Crippen LogP contribution in [-0.4, -0.2) is 46.7 Å². The number of nitro groups is 1. The molecule has 1 aromatic rings. The van der Waals surface area contributed by atoms with Crippen molar-refractivity contribution in [1.29, 1.82) is 0 Å². The first-order chi connectivity index (χ1) is 12.7. The monoisotopic (exact) mass is 395 g/mol. The van der Waals surface area contributed by atoms with Crippen LogP contribution in [0.25, 0.3) is 0 Å². The number of thioether (sulfide) groups is 1. The predicted octanol–water partition coefficient (Wildman–Crippen LogP) is 2.25. The Balaban J connectivity index is 1.64. The molecule has 0 saturated carbocycles. The Hall–Kier alpha value is -1.76. The molecule has 0 atom stereocenters. The number of hydrogen-bond donors (Lipinski definition) is 2. The molecule has 1 aliphatic heterocycles. The third kappa shape index (κ3) is 8.08. The van der Waals surface area contributed by atoms with Gasteiger partial charge in [0.1, 0.15) is 5.01 Å². The van der Waals surface area contributed by atoms with Crippen LogP contribution in [0.3, 0.4) is 0 Å². The number of aromatic nitrogens is 1. The molecule has 1 fully saturated rings. The molecule has 0 radical (unpaired) electrons. The van der Waals surface area contributed by atoms with E-state index >= 15 is 0 Å². The van der Waals surface area contributed by atoms with E-state index in [-0.39, 0.29) is 6.54 Å². The molecule has 0 spiro atoms. The van der Waals surface area contributed by atoms with E-state index in [1.807, 2.05) is 0 Å². The maximum Gasteiger partial charge on any atom is 0.274 e. The Morgan fingerprint density at radius 1 is 1.46 bits per heavy atom. The van der Waals surface area contributed by atoms with Crippen LogP contribution in [0.2, 0.25) is 0 Å². The summed E-state index contributed by atoms with van der Waals surface area (Å²) in [5, 5.41) is 19.7. The van der Waals surface area contributed by atoms with Crippen LogP contribution in [-0.2, 0) is 12.3 Å². The Morgan fingerprint density at radius 2 is 2.27 bits per heavy atom. The van der Waals surface area contributed by atoms with Gasteiger partial charge in [0, 0.05) is 23.4 Å². The van der Waals surface area contributed by atoms with Crippen molar-refractivity contribution < 1.29 is 4.92 Å².